The first kappa shape index (κ1) is 15.6. The highest BCUT2D eigenvalue weighted by molar-refractivity contribution is 7.98. The summed E-state index contributed by atoms with van der Waals surface area (Å²) >= 11 is 1.59. The fraction of sp³-hybridized carbons (Fsp3) is 0.278. The van der Waals surface area contributed by atoms with Gasteiger partial charge in [0.1, 0.15) is 0 Å². The molecule has 1 N–H and O–H groups in total. The Labute approximate surface area is 131 Å². The van der Waals surface area contributed by atoms with Gasteiger partial charge in [-0.15, -0.1) is 11.8 Å². The van der Waals surface area contributed by atoms with Gasteiger partial charge in [0.2, 0.25) is 0 Å². The molecule has 3 heteroatoms. The van der Waals surface area contributed by atoms with Crippen LogP contribution in [-0.2, 0) is 0 Å². The summed E-state index contributed by atoms with van der Waals surface area (Å²) in [5.41, 5.74) is 4.35. The highest BCUT2D eigenvalue weighted by atomic mass is 32.2. The quantitative estimate of drug-likeness (QED) is 0.841. The lowest BCUT2D eigenvalue weighted by Crippen LogP contribution is -2.27. The first-order valence-corrected chi connectivity index (χ1v) is 8.26. The fourth-order valence-corrected chi connectivity index (χ4v) is 3.09. The van der Waals surface area contributed by atoms with E-state index in [1.54, 1.807) is 11.8 Å². The number of hydrogen-bond donors (Lipinski definition) is 1. The van der Waals surface area contributed by atoms with Gasteiger partial charge in [-0.1, -0.05) is 35.9 Å². The predicted molar refractivity (Wildman–Crippen MR) is 90.0 cm³/mol. The normalized spacial score (nSPS) is 12.0. The predicted octanol–water partition coefficient (Wildman–Crippen LogP) is 4.52. The Morgan fingerprint density at radius 3 is 2.52 bits per heavy atom. The second-order valence-electron chi connectivity index (χ2n) is 5.26. The number of hydrogen-bond acceptors (Lipinski definition) is 2. The van der Waals surface area contributed by atoms with Gasteiger partial charge < -0.3 is 5.32 Å². The monoisotopic (exact) mass is 299 g/mol. The van der Waals surface area contributed by atoms with E-state index >= 15 is 0 Å². The van der Waals surface area contributed by atoms with E-state index in [0.29, 0.717) is 0 Å². The molecule has 1 amide bonds. The van der Waals surface area contributed by atoms with E-state index < -0.39 is 0 Å². The first-order valence-electron chi connectivity index (χ1n) is 7.04. The molecule has 2 aromatic rings. The standard InChI is InChI=1S/C18H21NOS/c1-12-9-10-15(13(2)11-12)14(3)19-18(20)16-7-5-6-8-17(16)21-4/h5-11,14H,1-4H3,(H,19,20)/t14-/m0/s1. The number of carbonyl (C=O) groups is 1. The molecule has 0 aliphatic rings. The highest BCUT2D eigenvalue weighted by Gasteiger charge is 2.15. The van der Waals surface area contributed by atoms with Crippen molar-refractivity contribution in [2.45, 2.75) is 31.7 Å². The lowest BCUT2D eigenvalue weighted by Gasteiger charge is -2.18. The molecule has 0 spiro atoms. The van der Waals surface area contributed by atoms with Crippen molar-refractivity contribution in [1.29, 1.82) is 0 Å². The van der Waals surface area contributed by atoms with Crippen molar-refractivity contribution < 1.29 is 4.79 Å². The summed E-state index contributed by atoms with van der Waals surface area (Å²) in [5.74, 6) is -0.0209. The third-order valence-corrected chi connectivity index (χ3v) is 4.39. The summed E-state index contributed by atoms with van der Waals surface area (Å²) < 4.78 is 0. The molecular formula is C18H21NOS. The summed E-state index contributed by atoms with van der Waals surface area (Å²) in [7, 11) is 0. The summed E-state index contributed by atoms with van der Waals surface area (Å²) in [6.45, 7) is 6.19. The molecule has 0 aliphatic heterocycles. The summed E-state index contributed by atoms with van der Waals surface area (Å²) in [4.78, 5) is 13.5. The van der Waals surface area contributed by atoms with Crippen LogP contribution in [0.25, 0.3) is 0 Å². The number of benzene rings is 2. The number of rotatable bonds is 4. The van der Waals surface area contributed by atoms with Crippen molar-refractivity contribution in [3.8, 4) is 0 Å². The van der Waals surface area contributed by atoms with Gasteiger partial charge in [-0.05, 0) is 50.3 Å². The molecule has 0 unspecified atom stereocenters. The number of aryl methyl sites for hydroxylation is 2. The van der Waals surface area contributed by atoms with Gasteiger partial charge in [-0.2, -0.15) is 0 Å². The smallest absolute Gasteiger partial charge is 0.252 e. The topological polar surface area (TPSA) is 29.1 Å². The Morgan fingerprint density at radius 1 is 1.14 bits per heavy atom. The zero-order chi connectivity index (χ0) is 15.4. The van der Waals surface area contributed by atoms with Crippen LogP contribution in [0.5, 0.6) is 0 Å². The van der Waals surface area contributed by atoms with Crippen LogP contribution in [0.4, 0.5) is 0 Å². The Bertz CT molecular complexity index is 651. The number of amides is 1. The van der Waals surface area contributed by atoms with Crippen LogP contribution in [-0.4, -0.2) is 12.2 Å². The minimum atomic E-state index is -0.0209. The average molecular weight is 299 g/mol. The fourth-order valence-electron chi connectivity index (χ4n) is 2.50. The van der Waals surface area contributed by atoms with E-state index in [2.05, 4.69) is 37.4 Å². The molecule has 0 aromatic heterocycles. The van der Waals surface area contributed by atoms with E-state index in [9.17, 15) is 4.79 Å². The maximum absolute atomic E-state index is 12.5. The molecule has 0 saturated carbocycles. The lowest BCUT2D eigenvalue weighted by molar-refractivity contribution is 0.0937. The van der Waals surface area contributed by atoms with Gasteiger partial charge in [0.15, 0.2) is 0 Å². The van der Waals surface area contributed by atoms with Crippen molar-refractivity contribution >= 4 is 17.7 Å². The molecule has 2 rings (SSSR count). The SMILES string of the molecule is CSc1ccccc1C(=O)N[C@@H](C)c1ccc(C)cc1C. The van der Waals surface area contributed by atoms with Crippen molar-refractivity contribution in [1.82, 2.24) is 5.32 Å². The van der Waals surface area contributed by atoms with Gasteiger partial charge >= 0.3 is 0 Å². The maximum atomic E-state index is 12.5. The molecule has 2 nitrogen and oxygen atoms in total. The van der Waals surface area contributed by atoms with E-state index in [1.165, 1.54) is 11.1 Å². The van der Waals surface area contributed by atoms with Crippen LogP contribution in [0.2, 0.25) is 0 Å². The van der Waals surface area contributed by atoms with E-state index in [0.717, 1.165) is 16.0 Å². The number of carbonyl (C=O) groups excluding carboxylic acids is 1. The zero-order valence-corrected chi connectivity index (χ0v) is 13.8. The van der Waals surface area contributed by atoms with Gasteiger partial charge in [-0.25, -0.2) is 0 Å². The van der Waals surface area contributed by atoms with E-state index in [-0.39, 0.29) is 11.9 Å². The maximum Gasteiger partial charge on any atom is 0.252 e. The molecule has 0 saturated heterocycles. The van der Waals surface area contributed by atoms with Crippen LogP contribution in [0.3, 0.4) is 0 Å². The van der Waals surface area contributed by atoms with Gasteiger partial charge in [0.05, 0.1) is 11.6 Å². The molecule has 0 fully saturated rings. The molecule has 0 bridgehead atoms. The van der Waals surface area contributed by atoms with Crippen LogP contribution in [0, 0.1) is 13.8 Å². The van der Waals surface area contributed by atoms with Crippen LogP contribution >= 0.6 is 11.8 Å². The van der Waals surface area contributed by atoms with Crippen LogP contribution in [0.15, 0.2) is 47.4 Å². The molecule has 0 aliphatic carbocycles. The van der Waals surface area contributed by atoms with Crippen molar-refractivity contribution in [2.75, 3.05) is 6.26 Å². The minimum absolute atomic E-state index is 0.00647. The second-order valence-corrected chi connectivity index (χ2v) is 6.10. The lowest BCUT2D eigenvalue weighted by atomic mass is 10.00. The molecule has 0 heterocycles. The second kappa shape index (κ2) is 6.81. The van der Waals surface area contributed by atoms with Crippen LogP contribution in [0.1, 0.15) is 40.0 Å². The third kappa shape index (κ3) is 3.67. The summed E-state index contributed by atoms with van der Waals surface area (Å²) in [5, 5.41) is 3.10. The number of nitrogens with one attached hydrogen (secondary N) is 1. The molecule has 2 aromatic carbocycles. The Hall–Kier alpha value is -1.74. The third-order valence-electron chi connectivity index (χ3n) is 3.59. The van der Waals surface area contributed by atoms with Crippen molar-refractivity contribution in [3.63, 3.8) is 0 Å². The first-order chi connectivity index (χ1) is 10.0. The minimum Gasteiger partial charge on any atom is -0.345 e. The Balaban J connectivity index is 2.19. The van der Waals surface area contributed by atoms with Gasteiger partial charge in [0, 0.05) is 4.90 Å². The van der Waals surface area contributed by atoms with Crippen molar-refractivity contribution in [2.24, 2.45) is 0 Å². The average Bonchev–Trinajstić information content (AvgIpc) is 2.46. The largest absolute Gasteiger partial charge is 0.345 e. The Kier molecular flexibility index (Phi) is 5.07. The highest BCUT2D eigenvalue weighted by Crippen LogP contribution is 2.22. The Morgan fingerprint density at radius 2 is 1.86 bits per heavy atom. The molecular weight excluding hydrogens is 278 g/mol. The summed E-state index contributed by atoms with van der Waals surface area (Å²) in [6, 6.07) is 14.0. The van der Waals surface area contributed by atoms with E-state index in [4.69, 9.17) is 0 Å². The van der Waals surface area contributed by atoms with Gasteiger partial charge in [0.25, 0.3) is 5.91 Å². The molecule has 0 radical (unpaired) electrons. The molecule has 21 heavy (non-hydrogen) atoms. The van der Waals surface area contributed by atoms with Crippen molar-refractivity contribution in [3.05, 3.63) is 64.7 Å². The van der Waals surface area contributed by atoms with Gasteiger partial charge in [-0.3, -0.25) is 4.79 Å². The molecule has 1 atom stereocenters. The van der Waals surface area contributed by atoms with E-state index in [1.807, 2.05) is 37.4 Å². The number of thioether (sulfide) groups is 1. The van der Waals surface area contributed by atoms with Crippen LogP contribution < -0.4 is 5.32 Å². The molecule has 110 valence electrons. The zero-order valence-electron chi connectivity index (χ0n) is 12.9. The summed E-state index contributed by atoms with van der Waals surface area (Å²) in [6.07, 6.45) is 1.99.